The number of nitrogens with zero attached hydrogens (tertiary/aromatic N) is 1. The Morgan fingerprint density at radius 3 is 2.42 bits per heavy atom. The number of nitrogens with two attached hydrogens (primary N) is 1. The summed E-state index contributed by atoms with van der Waals surface area (Å²) in [6, 6.07) is -3.48. The highest BCUT2D eigenvalue weighted by Crippen LogP contribution is 2.19. The molecule has 0 unspecified atom stereocenters. The molecule has 0 aromatic rings. The number of carbonyl (C=O) groups excluding carboxylic acids is 2. The molecule has 1 saturated heterocycles. The topological polar surface area (TPSA) is 170 Å². The molecule has 0 saturated carbocycles. The quantitative estimate of drug-likeness (QED) is 0.340. The molecule has 0 aromatic carbocycles. The molecule has 2 amide bonds. The van der Waals surface area contributed by atoms with Gasteiger partial charge in [0, 0.05) is 13.0 Å². The number of aliphatic hydroxyl groups is 1. The lowest BCUT2D eigenvalue weighted by atomic mass is 10.1. The van der Waals surface area contributed by atoms with Crippen LogP contribution in [0.15, 0.2) is 0 Å². The molecule has 1 aliphatic rings. The lowest BCUT2D eigenvalue weighted by molar-refractivity contribution is -0.150. The third-order valence-electron chi connectivity index (χ3n) is 3.87. The van der Waals surface area contributed by atoms with Gasteiger partial charge >= 0.3 is 11.9 Å². The fourth-order valence-electron chi connectivity index (χ4n) is 2.52. The van der Waals surface area contributed by atoms with Crippen molar-refractivity contribution in [2.45, 2.75) is 56.8 Å². The van der Waals surface area contributed by atoms with Gasteiger partial charge in [-0.1, -0.05) is 0 Å². The van der Waals surface area contributed by atoms with E-state index in [9.17, 15) is 24.3 Å². The molecule has 10 nitrogen and oxygen atoms in total. The fourth-order valence-corrected chi connectivity index (χ4v) is 2.52. The second kappa shape index (κ2) is 8.60. The Labute approximate surface area is 138 Å². The van der Waals surface area contributed by atoms with Gasteiger partial charge in [-0.05, 0) is 26.2 Å². The van der Waals surface area contributed by atoms with Crippen molar-refractivity contribution < 1.29 is 34.5 Å². The minimum atomic E-state index is -1.34. The van der Waals surface area contributed by atoms with Gasteiger partial charge in [0.2, 0.25) is 11.8 Å². The van der Waals surface area contributed by atoms with Crippen LogP contribution >= 0.6 is 0 Å². The molecular weight excluding hydrogens is 322 g/mol. The molecule has 1 fully saturated rings. The summed E-state index contributed by atoms with van der Waals surface area (Å²) in [5.74, 6) is -3.73. The summed E-state index contributed by atoms with van der Waals surface area (Å²) in [6.45, 7) is 1.51. The molecule has 0 aliphatic carbocycles. The molecule has 1 rings (SSSR count). The fraction of sp³-hybridized carbons (Fsp3) is 0.714. The molecule has 0 aromatic heterocycles. The van der Waals surface area contributed by atoms with Crippen molar-refractivity contribution in [3.63, 3.8) is 0 Å². The predicted molar refractivity (Wildman–Crippen MR) is 80.8 cm³/mol. The third kappa shape index (κ3) is 5.17. The van der Waals surface area contributed by atoms with Crippen molar-refractivity contribution in [2.75, 3.05) is 6.54 Å². The van der Waals surface area contributed by atoms with Crippen LogP contribution in [0.25, 0.3) is 0 Å². The van der Waals surface area contributed by atoms with Gasteiger partial charge in [0.25, 0.3) is 0 Å². The first-order chi connectivity index (χ1) is 11.1. The maximum Gasteiger partial charge on any atom is 0.326 e. The van der Waals surface area contributed by atoms with Gasteiger partial charge in [0.05, 0.1) is 12.1 Å². The Bertz CT molecular complexity index is 509. The van der Waals surface area contributed by atoms with Crippen molar-refractivity contribution in [1.29, 1.82) is 0 Å². The Balaban J connectivity index is 2.76. The average molecular weight is 345 g/mol. The van der Waals surface area contributed by atoms with E-state index in [1.807, 2.05) is 0 Å². The van der Waals surface area contributed by atoms with E-state index in [4.69, 9.17) is 15.9 Å². The van der Waals surface area contributed by atoms with Crippen LogP contribution in [0.5, 0.6) is 0 Å². The number of carboxylic acid groups (broad SMARTS) is 2. The van der Waals surface area contributed by atoms with Crippen LogP contribution in [-0.2, 0) is 19.2 Å². The molecule has 4 atom stereocenters. The highest BCUT2D eigenvalue weighted by molar-refractivity contribution is 5.92. The Morgan fingerprint density at radius 1 is 1.29 bits per heavy atom. The summed E-state index contributed by atoms with van der Waals surface area (Å²) < 4.78 is 0. The van der Waals surface area contributed by atoms with Crippen LogP contribution in [0.4, 0.5) is 0 Å². The van der Waals surface area contributed by atoms with Crippen LogP contribution in [-0.4, -0.2) is 74.7 Å². The van der Waals surface area contributed by atoms with Gasteiger partial charge in [-0.2, -0.15) is 0 Å². The molecular formula is C14H23N3O7. The zero-order chi connectivity index (χ0) is 18.4. The lowest BCUT2D eigenvalue weighted by Gasteiger charge is -2.29. The zero-order valence-corrected chi connectivity index (χ0v) is 13.3. The van der Waals surface area contributed by atoms with E-state index in [1.54, 1.807) is 0 Å². The van der Waals surface area contributed by atoms with Crippen molar-refractivity contribution in [3.05, 3.63) is 0 Å². The summed E-state index contributed by atoms with van der Waals surface area (Å²) in [7, 11) is 0. The summed E-state index contributed by atoms with van der Waals surface area (Å²) in [6.07, 6.45) is -0.873. The molecule has 0 radical (unpaired) electrons. The van der Waals surface area contributed by atoms with Crippen molar-refractivity contribution in [1.82, 2.24) is 10.2 Å². The third-order valence-corrected chi connectivity index (χ3v) is 3.87. The van der Waals surface area contributed by atoms with E-state index < -0.39 is 48.0 Å². The molecule has 0 spiro atoms. The summed E-state index contributed by atoms with van der Waals surface area (Å²) in [5, 5.41) is 29.8. The first kappa shape index (κ1) is 19.8. The Kier molecular flexibility index (Phi) is 7.11. The first-order valence-corrected chi connectivity index (χ1v) is 7.64. The van der Waals surface area contributed by atoms with E-state index in [0.717, 1.165) is 4.90 Å². The number of hydrogen-bond donors (Lipinski definition) is 5. The number of carbonyl (C=O) groups is 4. The number of aliphatic carboxylic acids is 2. The van der Waals surface area contributed by atoms with Crippen LogP contribution < -0.4 is 11.1 Å². The average Bonchev–Trinajstić information content (AvgIpc) is 2.98. The van der Waals surface area contributed by atoms with Crippen LogP contribution in [0.2, 0.25) is 0 Å². The summed E-state index contributed by atoms with van der Waals surface area (Å²) in [5.41, 5.74) is 5.57. The zero-order valence-electron chi connectivity index (χ0n) is 13.3. The van der Waals surface area contributed by atoms with Gasteiger partial charge in [-0.25, -0.2) is 4.79 Å². The molecule has 1 aliphatic heterocycles. The van der Waals surface area contributed by atoms with Crippen LogP contribution in [0.1, 0.15) is 32.6 Å². The van der Waals surface area contributed by atoms with Gasteiger partial charge in [0.15, 0.2) is 0 Å². The standard InChI is InChI=1S/C14H23N3O7/c1-7(18)11(16-12(21)8(15)4-5-10(19)20)13(22)17-6-2-3-9(17)14(23)24/h7-9,11,18H,2-6,15H2,1H3,(H,16,21)(H,19,20)(H,23,24)/t7-,8+,9-,11+/m1/s1. The Hall–Kier alpha value is -2.20. The summed E-state index contributed by atoms with van der Waals surface area (Å²) >= 11 is 0. The summed E-state index contributed by atoms with van der Waals surface area (Å²) in [4.78, 5) is 47.2. The maximum atomic E-state index is 12.5. The van der Waals surface area contributed by atoms with Crippen molar-refractivity contribution >= 4 is 23.8 Å². The highest BCUT2D eigenvalue weighted by atomic mass is 16.4. The maximum absolute atomic E-state index is 12.5. The monoisotopic (exact) mass is 345 g/mol. The number of hydrogen-bond acceptors (Lipinski definition) is 6. The van der Waals surface area contributed by atoms with Crippen molar-refractivity contribution in [2.24, 2.45) is 5.73 Å². The number of carboxylic acids is 2. The molecule has 10 heteroatoms. The smallest absolute Gasteiger partial charge is 0.326 e. The SMILES string of the molecule is C[C@@H](O)[C@H](NC(=O)[C@@H](N)CCC(=O)O)C(=O)N1CCC[C@@H]1C(=O)O. The normalized spacial score (nSPS) is 21.0. The Morgan fingerprint density at radius 2 is 1.92 bits per heavy atom. The second-order valence-electron chi connectivity index (χ2n) is 5.79. The van der Waals surface area contributed by atoms with E-state index in [-0.39, 0.29) is 19.4 Å². The van der Waals surface area contributed by atoms with Gasteiger partial charge in [0.1, 0.15) is 12.1 Å². The van der Waals surface area contributed by atoms with Gasteiger partial charge < -0.3 is 31.3 Å². The van der Waals surface area contributed by atoms with Gasteiger partial charge in [-0.3, -0.25) is 14.4 Å². The minimum absolute atomic E-state index is 0.122. The molecule has 136 valence electrons. The molecule has 1 heterocycles. The number of nitrogens with one attached hydrogen (secondary N) is 1. The highest BCUT2D eigenvalue weighted by Gasteiger charge is 2.39. The van der Waals surface area contributed by atoms with E-state index in [0.29, 0.717) is 12.8 Å². The van der Waals surface area contributed by atoms with Gasteiger partial charge in [-0.15, -0.1) is 0 Å². The lowest BCUT2D eigenvalue weighted by Crippen LogP contribution is -2.58. The van der Waals surface area contributed by atoms with E-state index >= 15 is 0 Å². The number of amides is 2. The van der Waals surface area contributed by atoms with E-state index in [1.165, 1.54) is 6.92 Å². The largest absolute Gasteiger partial charge is 0.481 e. The predicted octanol–water partition coefficient (Wildman–Crippen LogP) is -1.88. The van der Waals surface area contributed by atoms with Crippen LogP contribution in [0, 0.1) is 0 Å². The molecule has 6 N–H and O–H groups in total. The number of rotatable bonds is 8. The minimum Gasteiger partial charge on any atom is -0.481 e. The second-order valence-corrected chi connectivity index (χ2v) is 5.79. The number of likely N-dealkylation sites (tertiary alicyclic amines) is 1. The van der Waals surface area contributed by atoms with Crippen molar-refractivity contribution in [3.8, 4) is 0 Å². The molecule has 0 bridgehead atoms. The van der Waals surface area contributed by atoms with E-state index in [2.05, 4.69) is 5.32 Å². The number of aliphatic hydroxyl groups excluding tert-OH is 1. The first-order valence-electron chi connectivity index (χ1n) is 7.64. The van der Waals surface area contributed by atoms with Crippen LogP contribution in [0.3, 0.4) is 0 Å². The molecule has 24 heavy (non-hydrogen) atoms.